The Kier molecular flexibility index (Phi) is 8.42. The highest BCUT2D eigenvalue weighted by Crippen LogP contribution is 2.52. The Morgan fingerprint density at radius 1 is 0.324 bits per heavy atom. The van der Waals surface area contributed by atoms with Crippen LogP contribution in [0, 0.1) is 22.7 Å². The molecule has 4 nitrogen and oxygen atoms in total. The molecule has 0 spiro atoms. The van der Waals surface area contributed by atoms with E-state index in [1.807, 2.05) is 36.4 Å². The lowest BCUT2D eigenvalue weighted by Gasteiger charge is -2.25. The minimum Gasteiger partial charge on any atom is -0.307 e. The standard InChI is InChI=1S/C62H34N4S2/c63-35-49-55(38-18-6-2-7-19-38)50(36-64)58(56(39-20-8-3-9-21-39)57(49)65-51-25-13-10-22-41(51)42-23-11-14-26-52(42)65)66-59-44(29-31-46-43-24-12-15-27-53(43)67-61(46)59)45-30-32-47-48-34-40(37-16-4-1-5-17-37)28-33-54(48)68-62(47)60(45)66/h1-34H. The van der Waals surface area contributed by atoms with E-state index in [1.165, 1.54) is 36.7 Å². The van der Waals surface area contributed by atoms with Crippen LogP contribution in [0.4, 0.5) is 0 Å². The molecular formula is C62H34N4S2. The Balaban J connectivity index is 1.27. The number of benzene rings is 10. The first-order valence-corrected chi connectivity index (χ1v) is 24.3. The maximum absolute atomic E-state index is 12.1. The summed E-state index contributed by atoms with van der Waals surface area (Å²) in [6, 6.07) is 78.1. The van der Waals surface area contributed by atoms with Gasteiger partial charge in [-0.25, -0.2) is 0 Å². The van der Waals surface area contributed by atoms with Gasteiger partial charge in [0.05, 0.1) is 54.0 Å². The van der Waals surface area contributed by atoms with Crippen LogP contribution in [0.5, 0.6) is 0 Å². The number of fused-ring (bicyclic) bond motifs is 14. The average Bonchev–Trinajstić information content (AvgIpc) is 4.16. The lowest BCUT2D eigenvalue weighted by Crippen LogP contribution is -2.11. The van der Waals surface area contributed by atoms with Gasteiger partial charge in [0.25, 0.3) is 0 Å². The van der Waals surface area contributed by atoms with Crippen molar-refractivity contribution in [1.29, 1.82) is 10.5 Å². The average molecular weight is 899 g/mol. The number of hydrogen-bond acceptors (Lipinski definition) is 4. The van der Waals surface area contributed by atoms with Crippen molar-refractivity contribution >= 4 is 107 Å². The molecule has 0 N–H and O–H groups in total. The highest BCUT2D eigenvalue weighted by molar-refractivity contribution is 7.27. The lowest BCUT2D eigenvalue weighted by molar-refractivity contribution is 1.13. The molecule has 0 saturated heterocycles. The van der Waals surface area contributed by atoms with Gasteiger partial charge in [0.2, 0.25) is 0 Å². The molecule has 0 bridgehead atoms. The predicted molar refractivity (Wildman–Crippen MR) is 287 cm³/mol. The first-order chi connectivity index (χ1) is 33.7. The highest BCUT2D eigenvalue weighted by atomic mass is 32.1. The van der Waals surface area contributed by atoms with Crippen LogP contribution in [0.25, 0.3) is 129 Å². The largest absolute Gasteiger partial charge is 0.307 e. The van der Waals surface area contributed by atoms with E-state index in [0.717, 1.165) is 86.5 Å². The van der Waals surface area contributed by atoms with E-state index in [0.29, 0.717) is 16.7 Å². The van der Waals surface area contributed by atoms with Crippen LogP contribution in [0.3, 0.4) is 0 Å². The van der Waals surface area contributed by atoms with E-state index in [2.05, 4.69) is 191 Å². The molecule has 0 aliphatic heterocycles. The number of para-hydroxylation sites is 2. The van der Waals surface area contributed by atoms with E-state index in [1.54, 1.807) is 22.7 Å². The number of nitrogens with zero attached hydrogens (tertiary/aromatic N) is 4. The van der Waals surface area contributed by atoms with E-state index >= 15 is 0 Å². The van der Waals surface area contributed by atoms with Gasteiger partial charge in [-0.05, 0) is 52.6 Å². The minimum absolute atomic E-state index is 0.440. The number of hydrogen-bond donors (Lipinski definition) is 0. The van der Waals surface area contributed by atoms with Crippen LogP contribution in [-0.4, -0.2) is 9.13 Å². The molecule has 4 heterocycles. The number of thiophene rings is 2. The van der Waals surface area contributed by atoms with E-state index < -0.39 is 0 Å². The Morgan fingerprint density at radius 2 is 0.765 bits per heavy atom. The lowest BCUT2D eigenvalue weighted by atomic mass is 9.86. The Labute approximate surface area is 398 Å². The third-order valence-corrected chi connectivity index (χ3v) is 16.2. The van der Waals surface area contributed by atoms with Crippen molar-refractivity contribution < 1.29 is 0 Å². The van der Waals surface area contributed by atoms with Crippen LogP contribution < -0.4 is 0 Å². The molecule has 0 amide bonds. The molecule has 10 aromatic carbocycles. The molecule has 14 rings (SSSR count). The van der Waals surface area contributed by atoms with Crippen LogP contribution in [0.1, 0.15) is 11.1 Å². The molecule has 68 heavy (non-hydrogen) atoms. The molecule has 0 aliphatic carbocycles. The van der Waals surface area contributed by atoms with Crippen LogP contribution in [0.15, 0.2) is 206 Å². The zero-order valence-electron chi connectivity index (χ0n) is 36.2. The Hall–Kier alpha value is -8.78. The van der Waals surface area contributed by atoms with Crippen molar-refractivity contribution in [2.45, 2.75) is 0 Å². The van der Waals surface area contributed by atoms with Crippen molar-refractivity contribution in [2.75, 3.05) is 0 Å². The molecule has 0 atom stereocenters. The van der Waals surface area contributed by atoms with Gasteiger partial charge in [-0.3, -0.25) is 0 Å². The van der Waals surface area contributed by atoms with Gasteiger partial charge in [0.1, 0.15) is 12.1 Å². The number of rotatable bonds is 5. The smallest absolute Gasteiger partial charge is 0.102 e. The van der Waals surface area contributed by atoms with Crippen LogP contribution in [-0.2, 0) is 0 Å². The summed E-state index contributed by atoms with van der Waals surface area (Å²) in [5, 5.41) is 33.0. The molecule has 14 aromatic rings. The number of nitriles is 2. The summed E-state index contributed by atoms with van der Waals surface area (Å²) in [7, 11) is 0. The third-order valence-electron chi connectivity index (χ3n) is 13.8. The van der Waals surface area contributed by atoms with Gasteiger partial charge in [0.15, 0.2) is 0 Å². The van der Waals surface area contributed by atoms with E-state index in [4.69, 9.17) is 0 Å². The topological polar surface area (TPSA) is 57.4 Å². The highest BCUT2D eigenvalue weighted by Gasteiger charge is 2.33. The summed E-state index contributed by atoms with van der Waals surface area (Å²) in [4.78, 5) is 0. The maximum atomic E-state index is 12.1. The molecule has 4 aromatic heterocycles. The predicted octanol–water partition coefficient (Wildman–Crippen LogP) is 17.4. The first kappa shape index (κ1) is 38.5. The second kappa shape index (κ2) is 14.9. The molecule has 0 unspecified atom stereocenters. The van der Waals surface area contributed by atoms with Crippen LogP contribution in [0.2, 0.25) is 0 Å². The summed E-state index contributed by atoms with van der Waals surface area (Å²) in [6.07, 6.45) is 0. The second-order valence-electron chi connectivity index (χ2n) is 17.3. The fourth-order valence-corrected chi connectivity index (χ4v) is 13.4. The van der Waals surface area contributed by atoms with Gasteiger partial charge < -0.3 is 9.13 Å². The molecule has 0 radical (unpaired) electrons. The summed E-state index contributed by atoms with van der Waals surface area (Å²) < 4.78 is 9.39. The van der Waals surface area contributed by atoms with Gasteiger partial charge >= 0.3 is 0 Å². The first-order valence-electron chi connectivity index (χ1n) is 22.6. The zero-order chi connectivity index (χ0) is 45.0. The molecule has 0 saturated carbocycles. The zero-order valence-corrected chi connectivity index (χ0v) is 37.9. The summed E-state index contributed by atoms with van der Waals surface area (Å²) >= 11 is 3.60. The summed E-state index contributed by atoms with van der Waals surface area (Å²) in [5.74, 6) is 0. The third kappa shape index (κ3) is 5.39. The van der Waals surface area contributed by atoms with Crippen molar-refractivity contribution in [3.63, 3.8) is 0 Å². The fourth-order valence-electron chi connectivity index (χ4n) is 10.9. The molecule has 0 fully saturated rings. The summed E-state index contributed by atoms with van der Waals surface area (Å²) in [6.45, 7) is 0. The monoisotopic (exact) mass is 898 g/mol. The molecular weight excluding hydrogens is 865 g/mol. The van der Waals surface area contributed by atoms with E-state index in [9.17, 15) is 10.5 Å². The van der Waals surface area contributed by atoms with Gasteiger partial charge in [0, 0.05) is 63.6 Å². The fraction of sp³-hybridized carbons (Fsp3) is 0. The maximum Gasteiger partial charge on any atom is 0.102 e. The quantitative estimate of drug-likeness (QED) is 0.173. The number of aromatic nitrogens is 2. The minimum atomic E-state index is 0.440. The van der Waals surface area contributed by atoms with E-state index in [-0.39, 0.29) is 0 Å². The molecule has 6 heteroatoms. The van der Waals surface area contributed by atoms with Crippen molar-refractivity contribution in [3.8, 4) is 56.9 Å². The van der Waals surface area contributed by atoms with Gasteiger partial charge in [-0.1, -0.05) is 176 Å². The second-order valence-corrected chi connectivity index (χ2v) is 19.4. The Bertz CT molecular complexity index is 4450. The van der Waals surface area contributed by atoms with Crippen molar-refractivity contribution in [3.05, 3.63) is 217 Å². The Morgan fingerprint density at radius 3 is 1.34 bits per heavy atom. The SMILES string of the molecule is N#Cc1c(-c2ccccc2)c(C#N)c(-n2c3c(ccc4c5ccccc5sc43)c3ccc4c5cc(-c6ccccc6)ccc5sc4c32)c(-c2ccccc2)c1-n1c2ccccc2c2ccccc21. The van der Waals surface area contributed by atoms with Crippen molar-refractivity contribution in [1.82, 2.24) is 9.13 Å². The van der Waals surface area contributed by atoms with Crippen molar-refractivity contribution in [2.24, 2.45) is 0 Å². The summed E-state index contributed by atoms with van der Waals surface area (Å²) in [5.41, 5.74) is 11.9. The van der Waals surface area contributed by atoms with Crippen LogP contribution >= 0.6 is 22.7 Å². The van der Waals surface area contributed by atoms with Gasteiger partial charge in [-0.2, -0.15) is 10.5 Å². The molecule has 314 valence electrons. The molecule has 0 aliphatic rings. The normalized spacial score (nSPS) is 11.8. The van der Waals surface area contributed by atoms with Gasteiger partial charge in [-0.15, -0.1) is 22.7 Å².